The number of rotatable bonds is 8. The molecule has 0 radical (unpaired) electrons. The smallest absolute Gasteiger partial charge is 0.191 e. The van der Waals surface area contributed by atoms with Crippen LogP contribution in [0, 0.1) is 5.92 Å². The van der Waals surface area contributed by atoms with E-state index in [1.165, 1.54) is 0 Å². The van der Waals surface area contributed by atoms with Gasteiger partial charge in [-0.2, -0.15) is 0 Å². The highest BCUT2D eigenvalue weighted by Gasteiger charge is 2.13. The molecule has 1 rings (SSSR count). The topological polar surface area (TPSA) is 62.5 Å². The Bertz CT molecular complexity index is 422. The maximum absolute atomic E-state index is 5.39. The Labute approximate surface area is 128 Å². The molecule has 2 N–H and O–H groups in total. The van der Waals surface area contributed by atoms with Gasteiger partial charge in [0, 0.05) is 25.6 Å². The molecule has 0 unspecified atom stereocenters. The van der Waals surface area contributed by atoms with Gasteiger partial charge in [-0.25, -0.2) is 0 Å². The fraction of sp³-hybridized carbons (Fsp3) is 0.750. The molecule has 120 valence electrons. The monoisotopic (exact) mass is 294 g/mol. The van der Waals surface area contributed by atoms with Gasteiger partial charge >= 0.3 is 0 Å². The van der Waals surface area contributed by atoms with Crippen molar-refractivity contribution in [2.75, 3.05) is 13.6 Å². The van der Waals surface area contributed by atoms with Gasteiger partial charge < -0.3 is 15.2 Å². The summed E-state index contributed by atoms with van der Waals surface area (Å²) in [6.45, 7) is 10.3. The Morgan fingerprint density at radius 3 is 2.57 bits per heavy atom. The second-order valence-corrected chi connectivity index (χ2v) is 5.77. The molecule has 0 aliphatic heterocycles. The third kappa shape index (κ3) is 6.19. The van der Waals surface area contributed by atoms with Crippen LogP contribution < -0.4 is 10.6 Å². The highest BCUT2D eigenvalue weighted by atomic mass is 16.5. The molecule has 0 aliphatic rings. The predicted octanol–water partition coefficient (Wildman–Crippen LogP) is 3.29. The first-order chi connectivity index (χ1) is 10.1. The molecular weight excluding hydrogens is 264 g/mol. The number of aromatic nitrogens is 1. The van der Waals surface area contributed by atoms with Crippen LogP contribution in [-0.4, -0.2) is 24.7 Å². The summed E-state index contributed by atoms with van der Waals surface area (Å²) in [6, 6.07) is 2.05. The lowest BCUT2D eigenvalue weighted by molar-refractivity contribution is 0.368. The fourth-order valence-electron chi connectivity index (χ4n) is 2.18. The molecule has 1 heterocycles. The quantitative estimate of drug-likeness (QED) is 0.570. The van der Waals surface area contributed by atoms with E-state index in [1.54, 1.807) is 7.05 Å². The molecule has 0 aliphatic carbocycles. The van der Waals surface area contributed by atoms with Crippen molar-refractivity contribution in [1.82, 2.24) is 15.8 Å². The highest BCUT2D eigenvalue weighted by Crippen LogP contribution is 2.22. The van der Waals surface area contributed by atoms with Crippen molar-refractivity contribution in [1.29, 1.82) is 0 Å². The van der Waals surface area contributed by atoms with Crippen molar-refractivity contribution in [3.63, 3.8) is 0 Å². The van der Waals surface area contributed by atoms with Gasteiger partial charge in [0.25, 0.3) is 0 Å². The Hall–Kier alpha value is -1.52. The molecule has 5 nitrogen and oxygen atoms in total. The fourth-order valence-corrected chi connectivity index (χ4v) is 2.18. The van der Waals surface area contributed by atoms with Crippen LogP contribution in [0.25, 0.3) is 0 Å². The van der Waals surface area contributed by atoms with Crippen molar-refractivity contribution in [3.8, 4) is 0 Å². The van der Waals surface area contributed by atoms with E-state index in [0.717, 1.165) is 43.2 Å². The molecule has 0 saturated carbocycles. The number of nitrogens with zero attached hydrogens (tertiary/aromatic N) is 2. The number of guanidine groups is 1. The van der Waals surface area contributed by atoms with Gasteiger partial charge in [0.05, 0.1) is 12.2 Å². The average Bonchev–Trinajstić information content (AvgIpc) is 2.92. The molecule has 21 heavy (non-hydrogen) atoms. The largest absolute Gasteiger partial charge is 0.359 e. The molecular formula is C16H30N4O. The lowest BCUT2D eigenvalue weighted by atomic mass is 9.99. The summed E-state index contributed by atoms with van der Waals surface area (Å²) < 4.78 is 5.39. The summed E-state index contributed by atoms with van der Waals surface area (Å²) in [5.74, 6) is 2.83. The summed E-state index contributed by atoms with van der Waals surface area (Å²) in [4.78, 5) is 4.21. The summed E-state index contributed by atoms with van der Waals surface area (Å²) in [5.41, 5.74) is 1.06. The molecule has 1 aromatic heterocycles. The van der Waals surface area contributed by atoms with Crippen LogP contribution in [0.5, 0.6) is 0 Å². The molecule has 5 heteroatoms. The van der Waals surface area contributed by atoms with E-state index in [9.17, 15) is 0 Å². The molecule has 0 bridgehead atoms. The summed E-state index contributed by atoms with van der Waals surface area (Å²) in [7, 11) is 1.78. The van der Waals surface area contributed by atoms with Crippen molar-refractivity contribution < 1.29 is 4.52 Å². The molecule has 0 spiro atoms. The summed E-state index contributed by atoms with van der Waals surface area (Å²) in [5, 5.41) is 10.7. The van der Waals surface area contributed by atoms with E-state index >= 15 is 0 Å². The van der Waals surface area contributed by atoms with Crippen LogP contribution in [0.2, 0.25) is 0 Å². The van der Waals surface area contributed by atoms with Gasteiger partial charge in [-0.05, 0) is 25.2 Å². The van der Waals surface area contributed by atoms with Crippen molar-refractivity contribution >= 4 is 5.96 Å². The Balaban J connectivity index is 2.43. The third-order valence-electron chi connectivity index (χ3n) is 3.65. The average molecular weight is 294 g/mol. The zero-order valence-corrected chi connectivity index (χ0v) is 14.1. The van der Waals surface area contributed by atoms with E-state index in [-0.39, 0.29) is 0 Å². The van der Waals surface area contributed by atoms with Crippen molar-refractivity contribution in [2.45, 2.75) is 59.4 Å². The van der Waals surface area contributed by atoms with Gasteiger partial charge in [0.15, 0.2) is 11.7 Å². The first kappa shape index (κ1) is 17.5. The summed E-state index contributed by atoms with van der Waals surface area (Å²) in [6.07, 6.45) is 3.31. The van der Waals surface area contributed by atoms with Crippen molar-refractivity contribution in [2.24, 2.45) is 10.9 Å². The SMILES string of the molecule is CCC(CC)c1cc(CNC(=NC)NCCC(C)C)on1. The lowest BCUT2D eigenvalue weighted by Crippen LogP contribution is -2.37. The van der Waals surface area contributed by atoms with Crippen LogP contribution in [-0.2, 0) is 6.54 Å². The normalized spacial score (nSPS) is 12.2. The molecule has 0 amide bonds. The van der Waals surface area contributed by atoms with Gasteiger partial charge in [0.1, 0.15) is 0 Å². The highest BCUT2D eigenvalue weighted by molar-refractivity contribution is 5.79. The van der Waals surface area contributed by atoms with Crippen LogP contribution >= 0.6 is 0 Å². The zero-order chi connectivity index (χ0) is 15.7. The van der Waals surface area contributed by atoms with Gasteiger partial charge in [-0.3, -0.25) is 4.99 Å². The minimum atomic E-state index is 0.492. The van der Waals surface area contributed by atoms with Gasteiger partial charge in [-0.1, -0.05) is 32.9 Å². The maximum Gasteiger partial charge on any atom is 0.191 e. The first-order valence-corrected chi connectivity index (χ1v) is 8.00. The molecule has 0 saturated heterocycles. The lowest BCUT2D eigenvalue weighted by Gasteiger charge is -2.11. The van der Waals surface area contributed by atoms with Gasteiger partial charge in [0.2, 0.25) is 0 Å². The van der Waals surface area contributed by atoms with E-state index in [4.69, 9.17) is 4.52 Å². The number of hydrogen-bond donors (Lipinski definition) is 2. The number of hydrogen-bond acceptors (Lipinski definition) is 3. The second-order valence-electron chi connectivity index (χ2n) is 5.77. The Morgan fingerprint density at radius 2 is 2.00 bits per heavy atom. The maximum atomic E-state index is 5.39. The van der Waals surface area contributed by atoms with Gasteiger partial charge in [-0.15, -0.1) is 0 Å². The zero-order valence-electron chi connectivity index (χ0n) is 14.1. The van der Waals surface area contributed by atoms with Crippen molar-refractivity contribution in [3.05, 3.63) is 17.5 Å². The Morgan fingerprint density at radius 1 is 1.29 bits per heavy atom. The predicted molar refractivity (Wildman–Crippen MR) is 87.5 cm³/mol. The first-order valence-electron chi connectivity index (χ1n) is 8.00. The van der Waals surface area contributed by atoms with Crippen LogP contribution in [0.3, 0.4) is 0 Å². The summed E-state index contributed by atoms with van der Waals surface area (Å²) >= 11 is 0. The standard InChI is InChI=1S/C16H30N4O/c1-6-13(7-2)15-10-14(21-20-15)11-19-16(17-5)18-9-8-12(3)4/h10,12-13H,6-9,11H2,1-5H3,(H2,17,18,19). The molecule has 0 aromatic carbocycles. The second kappa shape index (κ2) is 9.42. The van der Waals surface area contributed by atoms with Crippen LogP contribution in [0.1, 0.15) is 64.3 Å². The molecule has 0 fully saturated rings. The van der Waals surface area contributed by atoms with E-state index in [0.29, 0.717) is 18.4 Å². The van der Waals surface area contributed by atoms with Crippen LogP contribution in [0.15, 0.2) is 15.6 Å². The van der Waals surface area contributed by atoms with Crippen LogP contribution in [0.4, 0.5) is 0 Å². The number of aliphatic imine (C=N–C) groups is 1. The Kier molecular flexibility index (Phi) is 7.87. The number of nitrogens with one attached hydrogen (secondary N) is 2. The minimum absolute atomic E-state index is 0.492. The minimum Gasteiger partial charge on any atom is -0.359 e. The molecule has 0 atom stereocenters. The van der Waals surface area contributed by atoms with E-state index in [2.05, 4.69) is 48.5 Å². The molecule has 1 aromatic rings. The van der Waals surface area contributed by atoms with E-state index < -0.39 is 0 Å². The van der Waals surface area contributed by atoms with E-state index in [1.807, 2.05) is 6.07 Å². The third-order valence-corrected chi connectivity index (χ3v) is 3.65.